The molecule has 1 aromatic rings. The number of halogens is 6. The quantitative estimate of drug-likeness (QED) is 0.467. The van der Waals surface area contributed by atoms with Crippen molar-refractivity contribution in [2.45, 2.75) is 45.9 Å². The van der Waals surface area contributed by atoms with E-state index in [9.17, 15) is 30.3 Å². The molecule has 0 fully saturated rings. The summed E-state index contributed by atoms with van der Waals surface area (Å²) in [5.41, 5.74) is 0. The fourth-order valence-electron chi connectivity index (χ4n) is 1.27. The van der Waals surface area contributed by atoms with Crippen LogP contribution in [-0.2, 0) is 6.54 Å². The number of aromatic nitrogens is 2. The molecule has 0 amide bonds. The van der Waals surface area contributed by atoms with E-state index in [-0.39, 0.29) is 6.23 Å². The molecule has 3 nitrogen and oxygen atoms in total. The second-order valence-corrected chi connectivity index (χ2v) is 6.22. The van der Waals surface area contributed by atoms with Crippen molar-refractivity contribution in [1.82, 2.24) is 4.57 Å². The van der Waals surface area contributed by atoms with E-state index >= 15 is 0 Å². The topological polar surface area (TPSA) is 29.0 Å². The van der Waals surface area contributed by atoms with Gasteiger partial charge in [-0.15, -0.1) is 0 Å². The first-order chi connectivity index (χ1) is 8.72. The Morgan fingerprint density at radius 1 is 1.15 bits per heavy atom. The summed E-state index contributed by atoms with van der Waals surface area (Å²) in [5, 5.41) is 9.52. The molecule has 0 aliphatic rings. The van der Waals surface area contributed by atoms with Crippen LogP contribution >= 0.6 is 7.81 Å². The Hall–Kier alpha value is -0.820. The van der Waals surface area contributed by atoms with Crippen molar-refractivity contribution in [3.8, 4) is 0 Å². The molecular formula is C10H19F6N2OP. The van der Waals surface area contributed by atoms with E-state index in [1.807, 2.05) is 30.2 Å². The fraction of sp³-hybridized carbons (Fsp3) is 0.700. The van der Waals surface area contributed by atoms with E-state index in [2.05, 4.69) is 11.5 Å². The summed E-state index contributed by atoms with van der Waals surface area (Å²) in [6.07, 6.45) is 8.67. The summed E-state index contributed by atoms with van der Waals surface area (Å²) in [7, 11) is -10.7. The summed E-state index contributed by atoms with van der Waals surface area (Å²) in [5.74, 6) is 0. The number of unbranched alkanes of at least 4 members (excludes halogenated alkanes) is 1. The number of aliphatic hydroxyl groups is 1. The Balaban J connectivity index is 0.000000441. The minimum atomic E-state index is -10.7. The molecule has 1 aromatic heterocycles. The van der Waals surface area contributed by atoms with E-state index < -0.39 is 7.81 Å². The molecule has 0 aliphatic heterocycles. The van der Waals surface area contributed by atoms with Crippen LogP contribution in [0.5, 0.6) is 0 Å². The first-order valence-corrected chi connectivity index (χ1v) is 8.06. The number of hydrogen-bond donors (Lipinski definition) is 1. The first-order valence-electron chi connectivity index (χ1n) is 6.04. The summed E-state index contributed by atoms with van der Waals surface area (Å²) in [6, 6.07) is 0. The number of aliphatic hydroxyl groups excluding tert-OH is 1. The zero-order valence-electron chi connectivity index (χ0n) is 11.2. The monoisotopic (exact) mass is 328 g/mol. The van der Waals surface area contributed by atoms with Gasteiger partial charge in [-0.1, -0.05) is 20.3 Å². The maximum atomic E-state index is 9.87. The van der Waals surface area contributed by atoms with Gasteiger partial charge in [0.1, 0.15) is 12.4 Å². The van der Waals surface area contributed by atoms with Crippen molar-refractivity contribution in [1.29, 1.82) is 0 Å². The third kappa shape index (κ3) is 13.6. The van der Waals surface area contributed by atoms with Gasteiger partial charge in [0, 0.05) is 6.42 Å². The van der Waals surface area contributed by atoms with Crippen LogP contribution in [0.4, 0.5) is 25.2 Å². The fourth-order valence-corrected chi connectivity index (χ4v) is 1.27. The van der Waals surface area contributed by atoms with E-state index in [0.29, 0.717) is 0 Å². The van der Waals surface area contributed by atoms with Crippen molar-refractivity contribution in [3.63, 3.8) is 0 Å². The predicted molar refractivity (Wildman–Crippen MR) is 64.6 cm³/mol. The van der Waals surface area contributed by atoms with E-state index in [4.69, 9.17) is 0 Å². The average Bonchev–Trinajstić information content (AvgIpc) is 2.69. The van der Waals surface area contributed by atoms with Gasteiger partial charge in [0.2, 0.25) is 6.33 Å². The molecule has 1 unspecified atom stereocenters. The zero-order chi connectivity index (χ0) is 16.1. The maximum absolute atomic E-state index is 10.7. The normalized spacial score (nSPS) is 16.6. The molecule has 0 spiro atoms. The molecule has 0 saturated heterocycles. The molecule has 0 aromatic carbocycles. The number of nitrogens with zero attached hydrogens (tertiary/aromatic N) is 2. The van der Waals surface area contributed by atoms with Crippen molar-refractivity contribution < 1.29 is 34.9 Å². The predicted octanol–water partition coefficient (Wildman–Crippen LogP) is 4.86. The van der Waals surface area contributed by atoms with Gasteiger partial charge in [0.25, 0.3) is 0 Å². The van der Waals surface area contributed by atoms with Crippen LogP contribution in [0.3, 0.4) is 0 Å². The van der Waals surface area contributed by atoms with Gasteiger partial charge in [0.05, 0.1) is 6.54 Å². The molecule has 20 heavy (non-hydrogen) atoms. The zero-order valence-corrected chi connectivity index (χ0v) is 12.1. The molecular weight excluding hydrogens is 309 g/mol. The van der Waals surface area contributed by atoms with Gasteiger partial charge in [-0.25, -0.2) is 9.13 Å². The molecule has 0 saturated carbocycles. The Morgan fingerprint density at radius 2 is 1.65 bits per heavy atom. The van der Waals surface area contributed by atoms with Crippen molar-refractivity contribution in [2.24, 2.45) is 0 Å². The van der Waals surface area contributed by atoms with Crippen LogP contribution in [0.2, 0.25) is 0 Å². The number of imidazole rings is 1. The first kappa shape index (κ1) is 19.2. The third-order valence-corrected chi connectivity index (χ3v) is 2.19. The van der Waals surface area contributed by atoms with Gasteiger partial charge in [-0.3, -0.25) is 0 Å². The summed E-state index contributed by atoms with van der Waals surface area (Å²) in [4.78, 5) is 0. The number of rotatable bonds is 5. The third-order valence-electron chi connectivity index (χ3n) is 2.19. The SMILES string of the molecule is CCCC[n+]1ccn(C(O)CC)c1.F[P-](F)(F)(F)(F)F. The van der Waals surface area contributed by atoms with E-state index in [0.717, 1.165) is 13.0 Å². The molecule has 0 bridgehead atoms. The molecule has 1 rings (SSSR count). The number of aryl methyl sites for hydroxylation is 1. The van der Waals surface area contributed by atoms with E-state index in [1.54, 1.807) is 0 Å². The van der Waals surface area contributed by atoms with Crippen LogP contribution in [0, 0.1) is 0 Å². The average molecular weight is 328 g/mol. The van der Waals surface area contributed by atoms with E-state index in [1.165, 1.54) is 12.8 Å². The van der Waals surface area contributed by atoms with Crippen LogP contribution in [0.25, 0.3) is 0 Å². The summed E-state index contributed by atoms with van der Waals surface area (Å²) in [6.45, 7) is 5.19. The molecule has 0 aliphatic carbocycles. The molecule has 1 heterocycles. The van der Waals surface area contributed by atoms with Crippen LogP contribution in [0.1, 0.15) is 39.3 Å². The molecule has 0 radical (unpaired) electrons. The molecule has 1 N–H and O–H groups in total. The molecule has 1 atom stereocenters. The second kappa shape index (κ2) is 5.89. The van der Waals surface area contributed by atoms with Crippen LogP contribution in [0.15, 0.2) is 18.7 Å². The Morgan fingerprint density at radius 3 is 2.05 bits per heavy atom. The van der Waals surface area contributed by atoms with Crippen molar-refractivity contribution in [2.75, 3.05) is 0 Å². The van der Waals surface area contributed by atoms with Crippen molar-refractivity contribution >= 4 is 7.81 Å². The molecule has 10 heteroatoms. The van der Waals surface area contributed by atoms with Gasteiger partial charge in [0.15, 0.2) is 6.23 Å². The van der Waals surface area contributed by atoms with Gasteiger partial charge >= 0.3 is 33.0 Å². The summed E-state index contributed by atoms with van der Waals surface area (Å²) < 4.78 is 63.2. The van der Waals surface area contributed by atoms with Gasteiger partial charge < -0.3 is 5.11 Å². The minimum absolute atomic E-state index is 0.372. The second-order valence-electron chi connectivity index (χ2n) is 4.30. The van der Waals surface area contributed by atoms with Gasteiger partial charge in [-0.2, -0.15) is 0 Å². The van der Waals surface area contributed by atoms with Crippen LogP contribution in [-0.4, -0.2) is 9.67 Å². The van der Waals surface area contributed by atoms with Crippen LogP contribution < -0.4 is 4.57 Å². The Bertz CT molecular complexity index is 404. The van der Waals surface area contributed by atoms with Crippen molar-refractivity contribution in [3.05, 3.63) is 18.7 Å². The summed E-state index contributed by atoms with van der Waals surface area (Å²) >= 11 is 0. The number of hydrogen-bond acceptors (Lipinski definition) is 1. The Labute approximate surface area is 113 Å². The molecule has 122 valence electrons. The Kier molecular flexibility index (Phi) is 5.65. The van der Waals surface area contributed by atoms with Gasteiger partial charge in [-0.05, 0) is 6.42 Å². The standard InChI is InChI=1S/C10H19N2O.F6P/c1-3-5-6-11-7-8-12(9-11)10(13)4-2;1-7(2,3,4,5)6/h7-10,13H,3-6H2,1-2H3;/q+1;-1.